The van der Waals surface area contributed by atoms with Crippen LogP contribution in [0, 0.1) is 11.3 Å². The summed E-state index contributed by atoms with van der Waals surface area (Å²) in [4.78, 5) is 37.9. The van der Waals surface area contributed by atoms with E-state index in [-0.39, 0.29) is 17.9 Å². The van der Waals surface area contributed by atoms with E-state index in [1.807, 2.05) is 34.6 Å². The molecule has 0 saturated carbocycles. The molecule has 1 aliphatic rings. The van der Waals surface area contributed by atoms with Crippen LogP contribution in [-0.2, 0) is 9.59 Å². The second-order valence-electron chi connectivity index (χ2n) is 5.35. The zero-order valence-corrected chi connectivity index (χ0v) is 12.4. The first-order valence-corrected chi connectivity index (χ1v) is 7.04. The standard InChI is InChI=1S/C14H24N2O3/c1-6-9(4)10(5)16-12(18)14(7-2,8-3)11(17)15-13(16)19/h9-10H,6-8H2,1-5H3,(H,15,17,19). The Kier molecular flexibility index (Phi) is 4.71. The largest absolute Gasteiger partial charge is 0.331 e. The van der Waals surface area contributed by atoms with Gasteiger partial charge in [0.05, 0.1) is 0 Å². The molecule has 1 fully saturated rings. The van der Waals surface area contributed by atoms with E-state index in [1.54, 1.807) is 0 Å². The van der Waals surface area contributed by atoms with Crippen molar-refractivity contribution >= 4 is 17.8 Å². The Hall–Kier alpha value is -1.39. The molecule has 5 heteroatoms. The highest BCUT2D eigenvalue weighted by Gasteiger charge is 2.52. The van der Waals surface area contributed by atoms with Crippen molar-refractivity contribution in [3.63, 3.8) is 0 Å². The molecule has 5 nitrogen and oxygen atoms in total. The number of urea groups is 1. The number of rotatable bonds is 5. The average Bonchev–Trinajstić information content (AvgIpc) is 2.38. The Bertz CT molecular complexity index is 388. The van der Waals surface area contributed by atoms with Crippen molar-refractivity contribution in [1.82, 2.24) is 10.2 Å². The molecule has 19 heavy (non-hydrogen) atoms. The Balaban J connectivity index is 3.15. The maximum absolute atomic E-state index is 12.6. The molecule has 2 atom stereocenters. The van der Waals surface area contributed by atoms with E-state index in [9.17, 15) is 14.4 Å². The van der Waals surface area contributed by atoms with Crippen LogP contribution in [0.3, 0.4) is 0 Å². The van der Waals surface area contributed by atoms with Crippen molar-refractivity contribution in [2.75, 3.05) is 0 Å². The fourth-order valence-corrected chi connectivity index (χ4v) is 2.54. The lowest BCUT2D eigenvalue weighted by Crippen LogP contribution is -2.66. The molecule has 0 aliphatic carbocycles. The molecule has 0 aromatic carbocycles. The monoisotopic (exact) mass is 268 g/mol. The lowest BCUT2D eigenvalue weighted by molar-refractivity contribution is -0.154. The van der Waals surface area contributed by atoms with Crippen LogP contribution in [-0.4, -0.2) is 28.8 Å². The summed E-state index contributed by atoms with van der Waals surface area (Å²) in [6, 6.07) is -0.789. The molecule has 0 bridgehead atoms. The summed E-state index contributed by atoms with van der Waals surface area (Å²) in [7, 11) is 0. The predicted molar refractivity (Wildman–Crippen MR) is 72.3 cm³/mol. The minimum Gasteiger partial charge on any atom is -0.277 e. The van der Waals surface area contributed by atoms with Crippen molar-refractivity contribution in [3.8, 4) is 0 Å². The van der Waals surface area contributed by atoms with Crippen molar-refractivity contribution in [1.29, 1.82) is 0 Å². The second-order valence-corrected chi connectivity index (χ2v) is 5.35. The third-order valence-corrected chi connectivity index (χ3v) is 4.58. The molecule has 0 radical (unpaired) electrons. The lowest BCUT2D eigenvalue weighted by Gasteiger charge is -2.42. The molecule has 0 spiro atoms. The minimum atomic E-state index is -1.09. The third kappa shape index (κ3) is 2.38. The highest BCUT2D eigenvalue weighted by molar-refractivity contribution is 6.19. The van der Waals surface area contributed by atoms with Gasteiger partial charge >= 0.3 is 6.03 Å². The van der Waals surface area contributed by atoms with Crippen LogP contribution in [0.15, 0.2) is 0 Å². The summed E-state index contributed by atoms with van der Waals surface area (Å²) >= 11 is 0. The van der Waals surface area contributed by atoms with Gasteiger partial charge < -0.3 is 0 Å². The normalized spacial score (nSPS) is 22.2. The summed E-state index contributed by atoms with van der Waals surface area (Å²) in [5.41, 5.74) is -1.09. The zero-order valence-electron chi connectivity index (χ0n) is 12.4. The van der Waals surface area contributed by atoms with Crippen LogP contribution in [0.5, 0.6) is 0 Å². The van der Waals surface area contributed by atoms with Crippen molar-refractivity contribution in [2.45, 2.75) is 59.9 Å². The first-order valence-electron chi connectivity index (χ1n) is 7.04. The van der Waals surface area contributed by atoms with Crippen LogP contribution < -0.4 is 5.32 Å². The molecule has 2 unspecified atom stereocenters. The first kappa shape index (κ1) is 15.7. The van der Waals surface area contributed by atoms with E-state index in [4.69, 9.17) is 0 Å². The second kappa shape index (κ2) is 5.72. The fraction of sp³-hybridized carbons (Fsp3) is 0.786. The highest BCUT2D eigenvalue weighted by atomic mass is 16.2. The summed E-state index contributed by atoms with van der Waals surface area (Å²) in [6.45, 7) is 9.50. The van der Waals surface area contributed by atoms with Crippen LogP contribution >= 0.6 is 0 Å². The van der Waals surface area contributed by atoms with Crippen molar-refractivity contribution < 1.29 is 14.4 Å². The first-order chi connectivity index (χ1) is 8.85. The molecule has 1 rings (SSSR count). The Morgan fingerprint density at radius 1 is 1.11 bits per heavy atom. The number of imide groups is 2. The molecular weight excluding hydrogens is 244 g/mol. The van der Waals surface area contributed by atoms with Gasteiger partial charge in [-0.15, -0.1) is 0 Å². The van der Waals surface area contributed by atoms with Gasteiger partial charge in [-0.25, -0.2) is 4.79 Å². The number of carbonyl (C=O) groups excluding carboxylic acids is 3. The fourth-order valence-electron chi connectivity index (χ4n) is 2.54. The van der Waals surface area contributed by atoms with Gasteiger partial charge in [0.25, 0.3) is 0 Å². The number of hydrogen-bond donors (Lipinski definition) is 1. The molecule has 0 aromatic heterocycles. The topological polar surface area (TPSA) is 66.5 Å². The van der Waals surface area contributed by atoms with Crippen LogP contribution in [0.1, 0.15) is 53.9 Å². The zero-order chi connectivity index (χ0) is 14.8. The number of carbonyl (C=O) groups is 3. The van der Waals surface area contributed by atoms with E-state index >= 15 is 0 Å². The summed E-state index contributed by atoms with van der Waals surface area (Å²) in [5.74, 6) is -0.603. The van der Waals surface area contributed by atoms with Gasteiger partial charge in [-0.3, -0.25) is 19.8 Å². The lowest BCUT2D eigenvalue weighted by atomic mass is 9.78. The van der Waals surface area contributed by atoms with E-state index in [0.717, 1.165) is 6.42 Å². The van der Waals surface area contributed by atoms with Gasteiger partial charge in [-0.05, 0) is 25.7 Å². The van der Waals surface area contributed by atoms with Gasteiger partial charge in [0.15, 0.2) is 0 Å². The highest BCUT2D eigenvalue weighted by Crippen LogP contribution is 2.34. The van der Waals surface area contributed by atoms with Gasteiger partial charge in [-0.1, -0.05) is 34.1 Å². The van der Waals surface area contributed by atoms with E-state index in [2.05, 4.69) is 5.32 Å². The van der Waals surface area contributed by atoms with Crippen LogP contribution in [0.25, 0.3) is 0 Å². The van der Waals surface area contributed by atoms with Crippen LogP contribution in [0.2, 0.25) is 0 Å². The van der Waals surface area contributed by atoms with Gasteiger partial charge in [0, 0.05) is 6.04 Å². The maximum atomic E-state index is 12.6. The van der Waals surface area contributed by atoms with Crippen molar-refractivity contribution in [2.24, 2.45) is 11.3 Å². The summed E-state index contributed by atoms with van der Waals surface area (Å²) < 4.78 is 0. The van der Waals surface area contributed by atoms with E-state index < -0.39 is 17.4 Å². The quantitative estimate of drug-likeness (QED) is 0.778. The Morgan fingerprint density at radius 3 is 2.05 bits per heavy atom. The average molecular weight is 268 g/mol. The predicted octanol–water partition coefficient (Wildman–Crippen LogP) is 2.31. The number of hydrogen-bond acceptors (Lipinski definition) is 3. The molecule has 1 saturated heterocycles. The van der Waals surface area contributed by atoms with Gasteiger partial charge in [0.2, 0.25) is 11.8 Å². The Morgan fingerprint density at radius 2 is 1.63 bits per heavy atom. The molecule has 1 heterocycles. The molecular formula is C14H24N2O3. The SMILES string of the molecule is CCC(C)C(C)N1C(=O)NC(=O)C(CC)(CC)C1=O. The maximum Gasteiger partial charge on any atom is 0.331 e. The van der Waals surface area contributed by atoms with Crippen molar-refractivity contribution in [3.05, 3.63) is 0 Å². The number of nitrogens with zero attached hydrogens (tertiary/aromatic N) is 1. The molecule has 4 amide bonds. The summed E-state index contributed by atoms with van der Waals surface area (Å²) in [5, 5.41) is 2.34. The van der Waals surface area contributed by atoms with E-state index in [1.165, 1.54) is 4.90 Å². The van der Waals surface area contributed by atoms with E-state index in [0.29, 0.717) is 12.8 Å². The number of nitrogens with one attached hydrogen (secondary N) is 1. The smallest absolute Gasteiger partial charge is 0.277 e. The molecule has 1 N–H and O–H groups in total. The van der Waals surface area contributed by atoms with Gasteiger partial charge in [0.1, 0.15) is 5.41 Å². The molecule has 0 aromatic rings. The summed E-state index contributed by atoms with van der Waals surface area (Å²) in [6.07, 6.45) is 1.69. The molecule has 108 valence electrons. The number of amides is 4. The van der Waals surface area contributed by atoms with Crippen LogP contribution in [0.4, 0.5) is 4.79 Å². The van der Waals surface area contributed by atoms with Gasteiger partial charge in [-0.2, -0.15) is 0 Å². The third-order valence-electron chi connectivity index (χ3n) is 4.58. The Labute approximate surface area is 114 Å². The number of barbiturate groups is 1. The molecule has 1 aliphatic heterocycles. The minimum absolute atomic E-state index is 0.203.